The number of carbonyl (C=O) groups is 2. The van der Waals surface area contributed by atoms with Crippen molar-refractivity contribution >= 4 is 35.9 Å². The maximum atomic E-state index is 12.3. The monoisotopic (exact) mass is 331 g/mol. The fourth-order valence-corrected chi connectivity index (χ4v) is 3.23. The van der Waals surface area contributed by atoms with Crippen LogP contribution < -0.4 is 5.32 Å². The number of carbonyl (C=O) groups excluding carboxylic acids is 2. The predicted octanol–water partition coefficient (Wildman–Crippen LogP) is -0.00370. The standard InChI is InChI=1S/C12H17N5O2S.ClH/c18-11-7-13-3-5-17(11)9-2-1-4-16(8-9)12(19)10-6-14-20-15-10;/h6,9,13H,1-5,7-8H2;1H. The first-order valence-electron chi connectivity index (χ1n) is 6.83. The number of nitrogens with zero attached hydrogens (tertiary/aromatic N) is 4. The fourth-order valence-electron chi connectivity index (χ4n) is 2.82. The van der Waals surface area contributed by atoms with Crippen molar-refractivity contribution in [1.82, 2.24) is 23.9 Å². The van der Waals surface area contributed by atoms with Crippen molar-refractivity contribution in [2.75, 3.05) is 32.7 Å². The van der Waals surface area contributed by atoms with Gasteiger partial charge in [0.05, 0.1) is 24.5 Å². The summed E-state index contributed by atoms with van der Waals surface area (Å²) in [5.41, 5.74) is 0.405. The molecule has 0 saturated carbocycles. The molecule has 2 amide bonds. The fraction of sp³-hybridized carbons (Fsp3) is 0.667. The Hall–Kier alpha value is -1.25. The Labute approximate surface area is 133 Å². The molecule has 2 fully saturated rings. The van der Waals surface area contributed by atoms with Crippen LogP contribution in [0.15, 0.2) is 6.20 Å². The smallest absolute Gasteiger partial charge is 0.275 e. The van der Waals surface area contributed by atoms with Gasteiger partial charge in [-0.1, -0.05) is 0 Å². The SMILES string of the molecule is Cl.O=C(c1cnsn1)N1CCCC(N2CCNCC2=O)C1. The second-order valence-electron chi connectivity index (χ2n) is 5.10. The summed E-state index contributed by atoms with van der Waals surface area (Å²) >= 11 is 1.04. The lowest BCUT2D eigenvalue weighted by molar-refractivity contribution is -0.135. The van der Waals surface area contributed by atoms with Crippen molar-refractivity contribution in [3.05, 3.63) is 11.9 Å². The van der Waals surface area contributed by atoms with Gasteiger partial charge in [0.2, 0.25) is 5.91 Å². The van der Waals surface area contributed by atoms with Gasteiger partial charge in [-0.3, -0.25) is 9.59 Å². The Morgan fingerprint density at radius 3 is 3.00 bits per heavy atom. The van der Waals surface area contributed by atoms with Crippen LogP contribution in [0.3, 0.4) is 0 Å². The number of nitrogens with one attached hydrogen (secondary N) is 1. The van der Waals surface area contributed by atoms with Gasteiger partial charge in [0.25, 0.3) is 5.91 Å². The average Bonchev–Trinajstić information content (AvgIpc) is 3.01. The van der Waals surface area contributed by atoms with E-state index in [9.17, 15) is 9.59 Å². The molecule has 7 nitrogen and oxygen atoms in total. The highest BCUT2D eigenvalue weighted by Gasteiger charge is 2.32. The number of piperazine rings is 1. The molecule has 2 saturated heterocycles. The van der Waals surface area contributed by atoms with E-state index in [2.05, 4.69) is 14.1 Å². The van der Waals surface area contributed by atoms with Gasteiger partial charge >= 0.3 is 0 Å². The van der Waals surface area contributed by atoms with E-state index in [1.807, 2.05) is 4.90 Å². The van der Waals surface area contributed by atoms with Crippen LogP contribution in [0.5, 0.6) is 0 Å². The Morgan fingerprint density at radius 2 is 2.29 bits per heavy atom. The average molecular weight is 332 g/mol. The third-order valence-corrected chi connectivity index (χ3v) is 4.31. The van der Waals surface area contributed by atoms with Gasteiger partial charge in [0.1, 0.15) is 0 Å². The zero-order chi connectivity index (χ0) is 13.9. The highest BCUT2D eigenvalue weighted by molar-refractivity contribution is 6.99. The topological polar surface area (TPSA) is 78.4 Å². The number of rotatable bonds is 2. The molecule has 1 N–H and O–H groups in total. The maximum absolute atomic E-state index is 12.3. The summed E-state index contributed by atoms with van der Waals surface area (Å²) < 4.78 is 7.86. The Kier molecular flexibility index (Phi) is 5.49. The van der Waals surface area contributed by atoms with Crippen LogP contribution in [0.1, 0.15) is 23.3 Å². The van der Waals surface area contributed by atoms with Gasteiger partial charge in [-0.25, -0.2) is 0 Å². The van der Waals surface area contributed by atoms with E-state index < -0.39 is 0 Å². The van der Waals surface area contributed by atoms with E-state index in [1.165, 1.54) is 6.20 Å². The normalized spacial score (nSPS) is 22.9. The number of hydrogen-bond acceptors (Lipinski definition) is 6. The Balaban J connectivity index is 0.00000161. The number of piperidine rings is 1. The highest BCUT2D eigenvalue weighted by atomic mass is 35.5. The van der Waals surface area contributed by atoms with Crippen molar-refractivity contribution < 1.29 is 9.59 Å². The van der Waals surface area contributed by atoms with Crippen molar-refractivity contribution in [1.29, 1.82) is 0 Å². The molecule has 3 heterocycles. The van der Waals surface area contributed by atoms with Crippen LogP contribution in [0.4, 0.5) is 0 Å². The molecule has 116 valence electrons. The largest absolute Gasteiger partial charge is 0.336 e. The van der Waals surface area contributed by atoms with Crippen LogP contribution in [0, 0.1) is 0 Å². The van der Waals surface area contributed by atoms with Crippen molar-refractivity contribution in [3.63, 3.8) is 0 Å². The summed E-state index contributed by atoms with van der Waals surface area (Å²) in [6, 6.07) is 0.133. The number of amides is 2. The lowest BCUT2D eigenvalue weighted by Gasteiger charge is -2.40. The van der Waals surface area contributed by atoms with Crippen LogP contribution in [0.25, 0.3) is 0 Å². The first-order valence-corrected chi connectivity index (χ1v) is 7.56. The molecule has 0 aliphatic carbocycles. The summed E-state index contributed by atoms with van der Waals surface area (Å²) in [7, 11) is 0. The molecule has 21 heavy (non-hydrogen) atoms. The van der Waals surface area contributed by atoms with Crippen LogP contribution >= 0.6 is 24.1 Å². The maximum Gasteiger partial charge on any atom is 0.275 e. The van der Waals surface area contributed by atoms with Crippen molar-refractivity contribution in [2.45, 2.75) is 18.9 Å². The molecule has 1 aromatic heterocycles. The van der Waals surface area contributed by atoms with Crippen molar-refractivity contribution in [3.8, 4) is 0 Å². The minimum atomic E-state index is -0.0777. The van der Waals surface area contributed by atoms with Gasteiger partial charge in [0, 0.05) is 32.2 Å². The van der Waals surface area contributed by atoms with E-state index in [0.717, 1.165) is 44.2 Å². The minimum absolute atomic E-state index is 0. The summed E-state index contributed by atoms with van der Waals surface area (Å²) in [4.78, 5) is 27.9. The quantitative estimate of drug-likeness (QED) is 0.825. The van der Waals surface area contributed by atoms with E-state index in [1.54, 1.807) is 4.90 Å². The van der Waals surface area contributed by atoms with Gasteiger partial charge < -0.3 is 15.1 Å². The van der Waals surface area contributed by atoms with Gasteiger partial charge in [-0.2, -0.15) is 8.75 Å². The van der Waals surface area contributed by atoms with Crippen LogP contribution in [-0.2, 0) is 4.79 Å². The number of aromatic nitrogens is 2. The first-order chi connectivity index (χ1) is 9.75. The molecule has 2 aliphatic heterocycles. The summed E-state index contributed by atoms with van der Waals surface area (Å²) in [5, 5.41) is 3.07. The van der Waals surface area contributed by atoms with E-state index in [4.69, 9.17) is 0 Å². The molecular weight excluding hydrogens is 314 g/mol. The van der Waals surface area contributed by atoms with Gasteiger partial charge in [-0.05, 0) is 12.8 Å². The predicted molar refractivity (Wildman–Crippen MR) is 80.7 cm³/mol. The van der Waals surface area contributed by atoms with E-state index >= 15 is 0 Å². The zero-order valence-electron chi connectivity index (χ0n) is 11.5. The highest BCUT2D eigenvalue weighted by Crippen LogP contribution is 2.18. The zero-order valence-corrected chi connectivity index (χ0v) is 13.2. The molecule has 9 heteroatoms. The molecule has 0 bridgehead atoms. The third kappa shape index (κ3) is 3.50. The molecule has 0 aromatic carbocycles. The molecule has 0 spiro atoms. The van der Waals surface area contributed by atoms with Crippen molar-refractivity contribution in [2.24, 2.45) is 0 Å². The second-order valence-corrected chi connectivity index (χ2v) is 5.66. The lowest BCUT2D eigenvalue weighted by Crippen LogP contribution is -2.57. The van der Waals surface area contributed by atoms with E-state index in [-0.39, 0.29) is 30.3 Å². The summed E-state index contributed by atoms with van der Waals surface area (Å²) in [5.74, 6) is 0.0527. The molecule has 2 aliphatic rings. The number of halogens is 1. The third-order valence-electron chi connectivity index (χ3n) is 3.83. The molecule has 1 aromatic rings. The number of hydrogen-bond donors (Lipinski definition) is 1. The number of likely N-dealkylation sites (tertiary alicyclic amines) is 1. The molecule has 1 atom stereocenters. The summed E-state index contributed by atoms with van der Waals surface area (Å²) in [6.45, 7) is 3.28. The van der Waals surface area contributed by atoms with E-state index in [0.29, 0.717) is 18.8 Å². The lowest BCUT2D eigenvalue weighted by atomic mass is 10.0. The molecule has 1 unspecified atom stereocenters. The molecular formula is C12H18ClN5O2S. The minimum Gasteiger partial charge on any atom is -0.336 e. The molecule has 0 radical (unpaired) electrons. The Morgan fingerprint density at radius 1 is 1.43 bits per heavy atom. The van der Waals surface area contributed by atoms with Gasteiger partial charge in [0.15, 0.2) is 5.69 Å². The molecule has 3 rings (SSSR count). The summed E-state index contributed by atoms with van der Waals surface area (Å²) in [6.07, 6.45) is 3.39. The first kappa shape index (κ1) is 16.1. The van der Waals surface area contributed by atoms with Gasteiger partial charge in [-0.15, -0.1) is 12.4 Å². The van der Waals surface area contributed by atoms with Crippen LogP contribution in [-0.4, -0.2) is 69.1 Å². The Bertz CT molecular complexity index is 498. The second kappa shape index (κ2) is 7.15. The van der Waals surface area contributed by atoms with Crippen LogP contribution in [0.2, 0.25) is 0 Å².